The maximum Gasteiger partial charge on any atom is 0.416 e. The van der Waals surface area contributed by atoms with Crippen LogP contribution in [-0.2, 0) is 13.2 Å². The smallest absolute Gasteiger partial charge is 0.416 e. The maximum atomic E-state index is 14.3. The predicted octanol–water partition coefficient (Wildman–Crippen LogP) is 4.61. The summed E-state index contributed by atoms with van der Waals surface area (Å²) in [6, 6.07) is 6.20. The van der Waals surface area contributed by atoms with Crippen molar-refractivity contribution in [3.63, 3.8) is 0 Å². The number of benzene rings is 2. The molecule has 0 bridgehead atoms. The van der Waals surface area contributed by atoms with Gasteiger partial charge in [0.1, 0.15) is 29.5 Å². The molecular formula is C26H22F3N7O2. The number of nitrogens with two attached hydrogens (primary N) is 1. The Labute approximate surface area is 214 Å². The van der Waals surface area contributed by atoms with Gasteiger partial charge in [0.05, 0.1) is 40.7 Å². The SMILES string of the molecule is Cc1cc2nc(N)c3cnc(C)n3c2cc1C(=O)N(c1cnn(C)c1)[C@@H]1COc2cc(C(F)(F)F)ccc21. The number of hydrogen-bond donors (Lipinski definition) is 1. The van der Waals surface area contributed by atoms with E-state index in [0.717, 1.165) is 12.1 Å². The summed E-state index contributed by atoms with van der Waals surface area (Å²) in [6.45, 7) is 3.62. The highest BCUT2D eigenvalue weighted by Crippen LogP contribution is 2.42. The molecule has 0 spiro atoms. The first-order valence-electron chi connectivity index (χ1n) is 11.7. The van der Waals surface area contributed by atoms with E-state index in [1.54, 1.807) is 43.2 Å². The van der Waals surface area contributed by atoms with Crippen LogP contribution in [-0.4, -0.2) is 36.7 Å². The number of imidazole rings is 1. The molecule has 1 aliphatic rings. The average molecular weight is 522 g/mol. The zero-order valence-corrected chi connectivity index (χ0v) is 20.6. The zero-order valence-electron chi connectivity index (χ0n) is 20.6. The molecule has 0 radical (unpaired) electrons. The number of nitrogens with zero attached hydrogens (tertiary/aromatic N) is 6. The number of ether oxygens (including phenoxy) is 1. The summed E-state index contributed by atoms with van der Waals surface area (Å²) in [7, 11) is 1.72. The second-order valence-corrected chi connectivity index (χ2v) is 9.30. The first-order valence-corrected chi connectivity index (χ1v) is 11.7. The Kier molecular flexibility index (Phi) is 5.13. The quantitative estimate of drug-likeness (QED) is 0.372. The molecule has 12 heteroatoms. The number of carbonyl (C=O) groups is 1. The van der Waals surface area contributed by atoms with E-state index in [-0.39, 0.29) is 18.3 Å². The van der Waals surface area contributed by atoms with Crippen molar-refractivity contribution < 1.29 is 22.7 Å². The van der Waals surface area contributed by atoms with Gasteiger partial charge in [0.15, 0.2) is 0 Å². The Morgan fingerprint density at radius 3 is 2.66 bits per heavy atom. The van der Waals surface area contributed by atoms with E-state index in [2.05, 4.69) is 15.1 Å². The highest BCUT2D eigenvalue weighted by molar-refractivity contribution is 6.09. The van der Waals surface area contributed by atoms with Gasteiger partial charge in [-0.2, -0.15) is 18.3 Å². The molecule has 6 rings (SSSR count). The number of hydrogen-bond acceptors (Lipinski definition) is 6. The van der Waals surface area contributed by atoms with Gasteiger partial charge in [-0.25, -0.2) is 9.97 Å². The monoisotopic (exact) mass is 521 g/mol. The average Bonchev–Trinajstić information content (AvgIpc) is 3.58. The van der Waals surface area contributed by atoms with Gasteiger partial charge in [-0.05, 0) is 43.7 Å². The lowest BCUT2D eigenvalue weighted by Crippen LogP contribution is -2.36. The van der Waals surface area contributed by atoms with Crippen LogP contribution in [0, 0.1) is 13.8 Å². The molecule has 5 aromatic rings. The Bertz CT molecular complexity index is 1760. The van der Waals surface area contributed by atoms with E-state index in [0.29, 0.717) is 50.6 Å². The Hall–Kier alpha value is -4.61. The standard InChI is InChI=1S/C26H22F3N7O2/c1-13-6-19-20(35-14(2)31-10-21(35)24(30)33-19)8-18(13)25(37)36(16-9-32-34(3)11-16)22-12-38-23-7-15(26(27,28)29)4-5-17(22)23/h4-11,22H,12H2,1-3H3,(H2,30,33)/t22-/m1/s1. The van der Waals surface area contributed by atoms with Crippen molar-refractivity contribution in [1.82, 2.24) is 24.1 Å². The fourth-order valence-corrected chi connectivity index (χ4v) is 4.98. The minimum Gasteiger partial charge on any atom is -0.491 e. The van der Waals surface area contributed by atoms with Gasteiger partial charge in [-0.1, -0.05) is 6.07 Å². The summed E-state index contributed by atoms with van der Waals surface area (Å²) in [6.07, 6.45) is 0.335. The molecule has 1 atom stereocenters. The topological polar surface area (TPSA) is 104 Å². The summed E-state index contributed by atoms with van der Waals surface area (Å²) in [5.74, 6) is 0.745. The Balaban J connectivity index is 1.50. The Morgan fingerprint density at radius 1 is 1.16 bits per heavy atom. The molecule has 194 valence electrons. The van der Waals surface area contributed by atoms with Gasteiger partial charge in [0, 0.05) is 24.4 Å². The van der Waals surface area contributed by atoms with Crippen LogP contribution >= 0.6 is 0 Å². The van der Waals surface area contributed by atoms with Crippen LogP contribution in [0.25, 0.3) is 16.6 Å². The summed E-state index contributed by atoms with van der Waals surface area (Å²) in [4.78, 5) is 24.6. The molecule has 0 fully saturated rings. The van der Waals surface area contributed by atoms with Crippen molar-refractivity contribution in [3.05, 3.63) is 77.0 Å². The Morgan fingerprint density at radius 2 is 1.95 bits per heavy atom. The van der Waals surface area contributed by atoms with Crippen LogP contribution in [0.15, 0.2) is 48.9 Å². The van der Waals surface area contributed by atoms with Gasteiger partial charge in [0.25, 0.3) is 5.91 Å². The van der Waals surface area contributed by atoms with E-state index in [4.69, 9.17) is 10.5 Å². The lowest BCUT2D eigenvalue weighted by molar-refractivity contribution is -0.137. The van der Waals surface area contributed by atoms with Crippen LogP contribution in [0.3, 0.4) is 0 Å². The molecule has 0 unspecified atom stereocenters. The molecule has 0 saturated heterocycles. The number of aromatic nitrogens is 5. The third-order valence-electron chi connectivity index (χ3n) is 6.83. The van der Waals surface area contributed by atoms with Gasteiger partial charge in [0.2, 0.25) is 0 Å². The number of alkyl halides is 3. The van der Waals surface area contributed by atoms with Crippen LogP contribution in [0.5, 0.6) is 5.75 Å². The second kappa shape index (κ2) is 8.20. The number of halogens is 3. The van der Waals surface area contributed by atoms with E-state index in [9.17, 15) is 18.0 Å². The van der Waals surface area contributed by atoms with Crippen molar-refractivity contribution in [1.29, 1.82) is 0 Å². The molecule has 0 saturated carbocycles. The maximum absolute atomic E-state index is 14.3. The number of amides is 1. The van der Waals surface area contributed by atoms with E-state index in [1.807, 2.05) is 11.3 Å². The van der Waals surface area contributed by atoms with Crippen molar-refractivity contribution in [2.75, 3.05) is 17.2 Å². The molecule has 4 heterocycles. The molecule has 9 nitrogen and oxygen atoms in total. The third-order valence-corrected chi connectivity index (χ3v) is 6.83. The van der Waals surface area contributed by atoms with Crippen molar-refractivity contribution in [2.24, 2.45) is 7.05 Å². The fraction of sp³-hybridized carbons (Fsp3) is 0.231. The number of carbonyl (C=O) groups excluding carboxylic acids is 1. The molecule has 38 heavy (non-hydrogen) atoms. The second-order valence-electron chi connectivity index (χ2n) is 9.30. The van der Waals surface area contributed by atoms with E-state index in [1.165, 1.54) is 17.2 Å². The molecular weight excluding hydrogens is 499 g/mol. The normalized spacial score (nSPS) is 15.2. The summed E-state index contributed by atoms with van der Waals surface area (Å²) >= 11 is 0. The summed E-state index contributed by atoms with van der Waals surface area (Å²) < 4.78 is 48.9. The minimum atomic E-state index is -4.51. The highest BCUT2D eigenvalue weighted by atomic mass is 19.4. The first kappa shape index (κ1) is 23.8. The molecule has 3 aromatic heterocycles. The van der Waals surface area contributed by atoms with E-state index < -0.39 is 17.8 Å². The van der Waals surface area contributed by atoms with Gasteiger partial charge in [-0.15, -0.1) is 0 Å². The van der Waals surface area contributed by atoms with E-state index >= 15 is 0 Å². The minimum absolute atomic E-state index is 0.00707. The van der Waals surface area contributed by atoms with Gasteiger partial charge < -0.3 is 10.5 Å². The van der Waals surface area contributed by atoms with Crippen molar-refractivity contribution >= 4 is 34.0 Å². The molecule has 2 N–H and O–H groups in total. The number of anilines is 2. The highest BCUT2D eigenvalue weighted by Gasteiger charge is 2.38. The number of nitrogen functional groups attached to an aromatic ring is 1. The number of fused-ring (bicyclic) bond motifs is 4. The van der Waals surface area contributed by atoms with Gasteiger partial charge >= 0.3 is 6.18 Å². The third kappa shape index (κ3) is 3.63. The molecule has 1 aliphatic heterocycles. The van der Waals surface area contributed by atoms with Crippen LogP contribution in [0.1, 0.15) is 38.9 Å². The fourth-order valence-electron chi connectivity index (χ4n) is 4.98. The summed E-state index contributed by atoms with van der Waals surface area (Å²) in [5, 5.41) is 4.21. The largest absolute Gasteiger partial charge is 0.491 e. The molecule has 0 aliphatic carbocycles. The molecule has 1 amide bonds. The van der Waals surface area contributed by atoms with Crippen molar-refractivity contribution in [3.8, 4) is 5.75 Å². The number of aryl methyl sites for hydroxylation is 3. The predicted molar refractivity (Wildman–Crippen MR) is 134 cm³/mol. The zero-order chi connectivity index (χ0) is 26.9. The van der Waals surface area contributed by atoms with Crippen LogP contribution < -0.4 is 15.4 Å². The molecule has 2 aromatic carbocycles. The van der Waals surface area contributed by atoms with Gasteiger partial charge in [-0.3, -0.25) is 18.8 Å². The first-order chi connectivity index (χ1) is 18.0. The number of rotatable bonds is 3. The van der Waals surface area contributed by atoms with Crippen LogP contribution in [0.4, 0.5) is 24.7 Å². The summed E-state index contributed by atoms with van der Waals surface area (Å²) in [5.41, 5.74) is 9.22. The lowest BCUT2D eigenvalue weighted by Gasteiger charge is -2.28. The lowest BCUT2D eigenvalue weighted by atomic mass is 10.0. The van der Waals surface area contributed by atoms with Crippen molar-refractivity contribution in [2.45, 2.75) is 26.1 Å². The van der Waals surface area contributed by atoms with Crippen LogP contribution in [0.2, 0.25) is 0 Å².